The molecule has 7 heterocycles. The number of aliphatic hydroxyl groups is 1. The van der Waals surface area contributed by atoms with Crippen molar-refractivity contribution < 1.29 is 57.2 Å². The van der Waals surface area contributed by atoms with Crippen molar-refractivity contribution >= 4 is 0 Å². The second kappa shape index (κ2) is 12.7. The molecule has 7 aliphatic heterocycles. The quantitative estimate of drug-likeness (QED) is 0.435. The third-order valence-corrected chi connectivity index (χ3v) is 8.60. The highest BCUT2D eigenvalue weighted by molar-refractivity contribution is 5.00. The molecule has 6 fully saturated rings. The first-order chi connectivity index (χ1) is 20.1. The average Bonchev–Trinajstić information content (AvgIpc) is 3.49. The van der Waals surface area contributed by atoms with Crippen LogP contribution < -0.4 is 0 Å². The van der Waals surface area contributed by atoms with Gasteiger partial charge in [0.1, 0.15) is 30.5 Å². The van der Waals surface area contributed by atoms with E-state index in [9.17, 15) is 5.11 Å². The van der Waals surface area contributed by atoms with Gasteiger partial charge in [-0.05, 0) is 47.6 Å². The second-order valence-corrected chi connectivity index (χ2v) is 14.0. The summed E-state index contributed by atoms with van der Waals surface area (Å²) in [5.74, 6) is -0.662. The highest BCUT2D eigenvalue weighted by atomic mass is 16.8. The summed E-state index contributed by atoms with van der Waals surface area (Å²) in [5.41, 5.74) is 0. The van der Waals surface area contributed by atoms with Crippen molar-refractivity contribution in [2.75, 3.05) is 26.9 Å². The molecule has 0 radical (unpaired) electrons. The molecule has 3 unspecified atom stereocenters. The lowest BCUT2D eigenvalue weighted by atomic mass is 9.98. The Morgan fingerprint density at radius 2 is 1.14 bits per heavy atom. The van der Waals surface area contributed by atoms with Gasteiger partial charge in [0.15, 0.2) is 29.9 Å². The summed E-state index contributed by atoms with van der Waals surface area (Å²) in [6.07, 6.45) is 2.03. The number of hydrogen-bond donors (Lipinski definition) is 1. The number of fused-ring (bicyclic) bond motifs is 5. The highest BCUT2D eigenvalue weighted by Crippen LogP contribution is 2.44. The van der Waals surface area contributed by atoms with Crippen LogP contribution in [0.4, 0.5) is 0 Å². The summed E-state index contributed by atoms with van der Waals surface area (Å²) in [6, 6.07) is 0. The molecule has 0 aromatic rings. The summed E-state index contributed by atoms with van der Waals surface area (Å²) in [7, 11) is 1.51. The summed E-state index contributed by atoms with van der Waals surface area (Å²) in [6.45, 7) is 19.7. The van der Waals surface area contributed by atoms with Gasteiger partial charge in [-0.25, -0.2) is 0 Å². The van der Waals surface area contributed by atoms with Gasteiger partial charge < -0.3 is 57.2 Å². The molecule has 0 aromatic heterocycles. The molecular weight excluding hydrogens is 564 g/mol. The zero-order valence-electron chi connectivity index (χ0n) is 27.2. The number of methoxy groups -OCH3 is 1. The number of ether oxygens (including phenoxy) is 11. The molecule has 43 heavy (non-hydrogen) atoms. The summed E-state index contributed by atoms with van der Waals surface area (Å²) in [5, 5.41) is 10.1. The minimum absolute atomic E-state index is 0.0486. The third kappa shape index (κ3) is 7.74. The van der Waals surface area contributed by atoms with Crippen LogP contribution in [0.3, 0.4) is 0 Å². The Balaban J connectivity index is 0.000000129. The van der Waals surface area contributed by atoms with E-state index in [-0.39, 0.29) is 48.8 Å². The molecule has 7 rings (SSSR count). The Kier molecular flexibility index (Phi) is 9.89. The Labute approximate surface area is 255 Å². The maximum Gasteiger partial charge on any atom is 0.187 e. The lowest BCUT2D eigenvalue weighted by Gasteiger charge is -2.25. The van der Waals surface area contributed by atoms with Crippen molar-refractivity contribution in [3.63, 3.8) is 0 Å². The van der Waals surface area contributed by atoms with E-state index in [0.29, 0.717) is 31.7 Å². The van der Waals surface area contributed by atoms with Crippen molar-refractivity contribution in [3.8, 4) is 0 Å². The van der Waals surface area contributed by atoms with Crippen molar-refractivity contribution in [3.05, 3.63) is 12.3 Å². The molecule has 13 atom stereocenters. The van der Waals surface area contributed by atoms with E-state index in [1.807, 2.05) is 54.5 Å². The molecule has 7 aliphatic rings. The molecule has 248 valence electrons. The number of aliphatic hydroxyl groups excluding tert-OH is 1. The van der Waals surface area contributed by atoms with Gasteiger partial charge in [0.25, 0.3) is 0 Å². The number of hydrogen-bond acceptors (Lipinski definition) is 12. The predicted molar refractivity (Wildman–Crippen MR) is 151 cm³/mol. The highest BCUT2D eigenvalue weighted by Gasteiger charge is 2.59. The molecule has 0 saturated carbocycles. The van der Waals surface area contributed by atoms with Crippen LogP contribution >= 0.6 is 0 Å². The Morgan fingerprint density at radius 3 is 1.79 bits per heavy atom. The summed E-state index contributed by atoms with van der Waals surface area (Å²) in [4.78, 5) is 0. The van der Waals surface area contributed by atoms with Crippen molar-refractivity contribution in [1.29, 1.82) is 0 Å². The molecule has 1 N–H and O–H groups in total. The maximum atomic E-state index is 10.1. The average molecular weight is 617 g/mol. The van der Waals surface area contributed by atoms with Gasteiger partial charge in [-0.15, -0.1) is 0 Å². The Bertz CT molecular complexity index is 958. The van der Waals surface area contributed by atoms with Gasteiger partial charge >= 0.3 is 0 Å². The second-order valence-electron chi connectivity index (χ2n) is 14.0. The zero-order chi connectivity index (χ0) is 31.3. The molecule has 12 heteroatoms. The molecule has 0 aliphatic carbocycles. The van der Waals surface area contributed by atoms with Crippen molar-refractivity contribution in [1.82, 2.24) is 0 Å². The topological polar surface area (TPSA) is 125 Å². The van der Waals surface area contributed by atoms with Gasteiger partial charge in [-0.2, -0.15) is 0 Å². The fraction of sp³-hybridized carbons (Fsp3) is 0.935. The van der Waals surface area contributed by atoms with E-state index in [0.717, 1.165) is 0 Å². The fourth-order valence-electron chi connectivity index (χ4n) is 6.49. The zero-order valence-corrected chi connectivity index (χ0v) is 27.2. The monoisotopic (exact) mass is 616 g/mol. The minimum atomic E-state index is -0.818. The van der Waals surface area contributed by atoms with E-state index >= 15 is 0 Å². The SMILES string of the molecule is CO[C@H]1OC[C@@H](C)[C@H]2OC(C)(C)OC2[C@@H]1O.C[C@@H]1COC=CC2OC(C)(C)O[C@@H]21.C[C@@H]1CO[C@@H]2O[C@@H]2C2OC(C)(C)O[C@@H]21. The minimum Gasteiger partial charge on any atom is -0.501 e. The summed E-state index contributed by atoms with van der Waals surface area (Å²) >= 11 is 0. The molecular formula is C31H52O12. The first kappa shape index (κ1) is 33.5. The maximum absolute atomic E-state index is 10.1. The van der Waals surface area contributed by atoms with Crippen molar-refractivity contribution in [2.45, 2.75) is 141 Å². The van der Waals surface area contributed by atoms with Crippen LogP contribution in [0.2, 0.25) is 0 Å². The van der Waals surface area contributed by atoms with Gasteiger partial charge in [-0.1, -0.05) is 20.8 Å². The van der Waals surface area contributed by atoms with Crippen LogP contribution in [0.5, 0.6) is 0 Å². The number of epoxide rings is 1. The van der Waals surface area contributed by atoms with Crippen LogP contribution in [0, 0.1) is 17.8 Å². The Hall–Kier alpha value is -0.900. The van der Waals surface area contributed by atoms with Gasteiger partial charge in [0.05, 0.1) is 44.4 Å². The van der Waals surface area contributed by atoms with Crippen LogP contribution in [0.25, 0.3) is 0 Å². The van der Waals surface area contributed by atoms with Crippen LogP contribution in [-0.4, -0.2) is 111 Å². The molecule has 0 spiro atoms. The lowest BCUT2D eigenvalue weighted by molar-refractivity contribution is -0.219. The normalized spacial score (nSPS) is 48.2. The molecule has 0 amide bonds. The fourth-order valence-corrected chi connectivity index (χ4v) is 6.49. The first-order valence-electron chi connectivity index (χ1n) is 15.5. The van der Waals surface area contributed by atoms with E-state index in [2.05, 4.69) is 13.8 Å². The van der Waals surface area contributed by atoms with Crippen LogP contribution in [0.1, 0.15) is 62.3 Å². The summed E-state index contributed by atoms with van der Waals surface area (Å²) < 4.78 is 61.4. The van der Waals surface area contributed by atoms with Crippen LogP contribution in [-0.2, 0) is 52.1 Å². The third-order valence-electron chi connectivity index (χ3n) is 8.60. The van der Waals surface area contributed by atoms with Gasteiger partial charge in [0.2, 0.25) is 0 Å². The predicted octanol–water partition coefficient (Wildman–Crippen LogP) is 3.09. The largest absolute Gasteiger partial charge is 0.501 e. The van der Waals surface area contributed by atoms with E-state index < -0.39 is 35.9 Å². The number of rotatable bonds is 1. The van der Waals surface area contributed by atoms with Gasteiger partial charge in [0, 0.05) is 24.9 Å². The molecule has 6 saturated heterocycles. The Morgan fingerprint density at radius 1 is 0.628 bits per heavy atom. The standard InChI is InChI=1S/C11H20O5.C10H16O4.C10H16O3/c1-6-5-14-10(13-4)7(12)9-8(6)15-11(2,3)16-9;1-5-4-11-9-8(12-9)7-6(5)13-10(2,3)14-7;1-7-6-11-5-4-8-9(7)13-10(2,3)12-8/h6-10,12H,5H2,1-4H3;5-9H,4H2,1-3H3;4-5,7-9H,6H2,1-3H3/t6-,7+,8-,9?,10+;5-,6-,7?,8-,9-;7-,8?,9-/m111/s1. The van der Waals surface area contributed by atoms with E-state index in [1.54, 1.807) is 6.26 Å². The van der Waals surface area contributed by atoms with Gasteiger partial charge in [-0.3, -0.25) is 0 Å². The van der Waals surface area contributed by atoms with Crippen molar-refractivity contribution in [2.24, 2.45) is 17.8 Å². The lowest BCUT2D eigenvalue weighted by Crippen LogP contribution is -2.43. The van der Waals surface area contributed by atoms with E-state index in [1.165, 1.54) is 7.11 Å². The van der Waals surface area contributed by atoms with E-state index in [4.69, 9.17) is 52.1 Å². The molecule has 12 nitrogen and oxygen atoms in total. The molecule has 0 bridgehead atoms. The smallest absolute Gasteiger partial charge is 0.187 e. The first-order valence-corrected chi connectivity index (χ1v) is 15.5. The molecule has 0 aromatic carbocycles. The van der Waals surface area contributed by atoms with Crippen LogP contribution in [0.15, 0.2) is 12.3 Å².